The topological polar surface area (TPSA) is 76.2 Å². The van der Waals surface area contributed by atoms with Gasteiger partial charge in [0.05, 0.1) is 5.69 Å². The first-order valence-electron chi connectivity index (χ1n) is 8.16. The molecule has 25 heavy (non-hydrogen) atoms. The number of rotatable bonds is 3. The molecule has 0 aliphatic carbocycles. The van der Waals surface area contributed by atoms with E-state index in [-0.39, 0.29) is 17.4 Å². The Bertz CT molecular complexity index is 948. The first kappa shape index (κ1) is 15.6. The Balaban J connectivity index is 1.58. The Morgan fingerprint density at radius 1 is 1.40 bits per heavy atom. The summed E-state index contributed by atoms with van der Waals surface area (Å²) in [6.45, 7) is 2.53. The summed E-state index contributed by atoms with van der Waals surface area (Å²) in [5.41, 5.74) is 1.37. The predicted molar refractivity (Wildman–Crippen MR) is 90.9 cm³/mol. The van der Waals surface area contributed by atoms with Gasteiger partial charge >= 0.3 is 0 Å². The van der Waals surface area contributed by atoms with Crippen LogP contribution in [0.5, 0.6) is 0 Å². The number of anilines is 2. The fourth-order valence-corrected chi connectivity index (χ4v) is 3.21. The van der Waals surface area contributed by atoms with E-state index in [0.717, 1.165) is 17.9 Å². The van der Waals surface area contributed by atoms with E-state index in [9.17, 15) is 9.18 Å². The number of para-hydroxylation sites is 1. The van der Waals surface area contributed by atoms with Gasteiger partial charge in [-0.3, -0.25) is 14.4 Å². The second-order valence-electron chi connectivity index (χ2n) is 6.20. The molecule has 0 spiro atoms. The smallest absolute Gasteiger partial charge is 0.296 e. The fraction of sp³-hybridized carbons (Fsp3) is 0.353. The highest BCUT2D eigenvalue weighted by molar-refractivity contribution is 5.98. The van der Waals surface area contributed by atoms with Crippen LogP contribution in [0.2, 0.25) is 0 Å². The molecule has 0 bridgehead atoms. The number of benzene rings is 1. The number of aromatic nitrogens is 3. The van der Waals surface area contributed by atoms with Gasteiger partial charge in [0.1, 0.15) is 17.4 Å². The first-order chi connectivity index (χ1) is 12.0. The molecule has 2 aromatic heterocycles. The van der Waals surface area contributed by atoms with Crippen LogP contribution in [0.4, 0.5) is 16.2 Å². The maximum atomic E-state index is 13.7. The fourth-order valence-electron chi connectivity index (χ4n) is 3.21. The zero-order chi connectivity index (χ0) is 17.6. The zero-order valence-corrected chi connectivity index (χ0v) is 14.0. The summed E-state index contributed by atoms with van der Waals surface area (Å²) in [4.78, 5) is 18.7. The van der Waals surface area contributed by atoms with Crippen molar-refractivity contribution >= 4 is 28.8 Å². The summed E-state index contributed by atoms with van der Waals surface area (Å²) in [5.74, 6) is 0.242. The average Bonchev–Trinajstić information content (AvgIpc) is 3.13. The van der Waals surface area contributed by atoms with Crippen molar-refractivity contribution in [3.63, 3.8) is 0 Å². The molecule has 1 aromatic carbocycles. The zero-order valence-electron chi connectivity index (χ0n) is 14.0. The number of carbonyl (C=O) groups excluding carboxylic acids is 1. The molecule has 1 atom stereocenters. The molecule has 1 unspecified atom stereocenters. The van der Waals surface area contributed by atoms with Crippen LogP contribution < -0.4 is 10.2 Å². The predicted octanol–water partition coefficient (Wildman–Crippen LogP) is 2.62. The van der Waals surface area contributed by atoms with Crippen LogP contribution >= 0.6 is 0 Å². The van der Waals surface area contributed by atoms with Crippen molar-refractivity contribution in [2.75, 3.05) is 16.8 Å². The van der Waals surface area contributed by atoms with Gasteiger partial charge in [-0.15, -0.1) is 0 Å². The summed E-state index contributed by atoms with van der Waals surface area (Å²) < 4.78 is 21.0. The van der Waals surface area contributed by atoms with Crippen LogP contribution in [0, 0.1) is 12.7 Å². The first-order valence-corrected chi connectivity index (χ1v) is 8.16. The van der Waals surface area contributed by atoms with Gasteiger partial charge in [0, 0.05) is 19.7 Å². The van der Waals surface area contributed by atoms with E-state index in [1.165, 1.54) is 6.07 Å². The third-order valence-electron chi connectivity index (χ3n) is 4.36. The van der Waals surface area contributed by atoms with E-state index in [1.807, 2.05) is 20.0 Å². The molecule has 0 radical (unpaired) electrons. The SMILES string of the molecule is Cc1cc(N2CCCC(Nc3nc4c(F)cccc4o3)C2=O)n(C)n1. The third-order valence-corrected chi connectivity index (χ3v) is 4.36. The number of nitrogens with one attached hydrogen (secondary N) is 1. The van der Waals surface area contributed by atoms with Crippen molar-refractivity contribution in [1.82, 2.24) is 14.8 Å². The minimum atomic E-state index is -0.472. The van der Waals surface area contributed by atoms with E-state index >= 15 is 0 Å². The summed E-state index contributed by atoms with van der Waals surface area (Å²) in [6.07, 6.45) is 1.50. The standard InChI is InChI=1S/C17H18FN5O2/c1-10-9-14(22(2)21-10)23-8-4-6-12(16(23)24)19-17-20-15-11(18)5-3-7-13(15)25-17/h3,5,7,9,12H,4,6,8H2,1-2H3,(H,19,20). The Labute approximate surface area is 143 Å². The number of piperidine rings is 1. The summed E-state index contributed by atoms with van der Waals surface area (Å²) in [6, 6.07) is 6.10. The number of fused-ring (bicyclic) bond motifs is 1. The van der Waals surface area contributed by atoms with Crippen molar-refractivity contribution in [2.45, 2.75) is 25.8 Å². The van der Waals surface area contributed by atoms with Crippen molar-refractivity contribution < 1.29 is 13.6 Å². The van der Waals surface area contributed by atoms with E-state index in [4.69, 9.17) is 4.42 Å². The van der Waals surface area contributed by atoms with Crippen LogP contribution in [-0.2, 0) is 11.8 Å². The van der Waals surface area contributed by atoms with Gasteiger partial charge in [-0.1, -0.05) is 6.07 Å². The molecule has 8 heteroatoms. The average molecular weight is 343 g/mol. The molecule has 130 valence electrons. The van der Waals surface area contributed by atoms with Crippen LogP contribution in [-0.4, -0.2) is 33.3 Å². The lowest BCUT2D eigenvalue weighted by atomic mass is 10.1. The Kier molecular flexibility index (Phi) is 3.67. The molecule has 0 saturated carbocycles. The monoisotopic (exact) mass is 343 g/mol. The summed E-state index contributed by atoms with van der Waals surface area (Å²) in [7, 11) is 1.82. The van der Waals surface area contributed by atoms with Crippen molar-refractivity contribution in [2.24, 2.45) is 7.05 Å². The van der Waals surface area contributed by atoms with Gasteiger partial charge in [0.25, 0.3) is 11.9 Å². The van der Waals surface area contributed by atoms with Crippen LogP contribution in [0.15, 0.2) is 28.7 Å². The lowest BCUT2D eigenvalue weighted by molar-refractivity contribution is -0.120. The minimum absolute atomic E-state index is 0.0722. The minimum Gasteiger partial charge on any atom is -0.423 e. The highest BCUT2D eigenvalue weighted by atomic mass is 19.1. The largest absolute Gasteiger partial charge is 0.423 e. The van der Waals surface area contributed by atoms with Crippen molar-refractivity contribution in [1.29, 1.82) is 0 Å². The molecule has 1 saturated heterocycles. The van der Waals surface area contributed by atoms with Crippen molar-refractivity contribution in [3.8, 4) is 0 Å². The molecule has 1 fully saturated rings. The normalized spacial score (nSPS) is 18.1. The highest BCUT2D eigenvalue weighted by Crippen LogP contribution is 2.26. The molecule has 1 aliphatic heterocycles. The molecule has 4 rings (SSSR count). The molecular formula is C17H18FN5O2. The molecule has 7 nitrogen and oxygen atoms in total. The van der Waals surface area contributed by atoms with Crippen LogP contribution in [0.1, 0.15) is 18.5 Å². The Morgan fingerprint density at radius 2 is 2.24 bits per heavy atom. The van der Waals surface area contributed by atoms with Crippen LogP contribution in [0.25, 0.3) is 11.1 Å². The highest BCUT2D eigenvalue weighted by Gasteiger charge is 2.32. The van der Waals surface area contributed by atoms with E-state index in [0.29, 0.717) is 18.5 Å². The number of halogens is 1. The number of carbonyl (C=O) groups is 1. The second-order valence-corrected chi connectivity index (χ2v) is 6.20. The molecule has 1 amide bonds. The molecule has 3 heterocycles. The van der Waals surface area contributed by atoms with Gasteiger partial charge in [-0.05, 0) is 31.9 Å². The number of nitrogens with zero attached hydrogens (tertiary/aromatic N) is 4. The van der Waals surface area contributed by atoms with E-state index in [1.54, 1.807) is 21.7 Å². The van der Waals surface area contributed by atoms with Gasteiger partial charge in [-0.2, -0.15) is 10.1 Å². The lowest BCUT2D eigenvalue weighted by Gasteiger charge is -2.31. The Morgan fingerprint density at radius 3 is 2.96 bits per heavy atom. The number of hydrogen-bond donors (Lipinski definition) is 1. The van der Waals surface area contributed by atoms with E-state index < -0.39 is 11.9 Å². The van der Waals surface area contributed by atoms with Gasteiger partial charge in [0.15, 0.2) is 11.4 Å². The molecular weight excluding hydrogens is 325 g/mol. The summed E-state index contributed by atoms with van der Waals surface area (Å²) in [5, 5.41) is 7.31. The Hall–Kier alpha value is -2.90. The van der Waals surface area contributed by atoms with E-state index in [2.05, 4.69) is 15.4 Å². The lowest BCUT2D eigenvalue weighted by Crippen LogP contribution is -2.48. The number of amides is 1. The number of hydrogen-bond acceptors (Lipinski definition) is 5. The van der Waals surface area contributed by atoms with Gasteiger partial charge < -0.3 is 9.73 Å². The van der Waals surface area contributed by atoms with Crippen molar-refractivity contribution in [3.05, 3.63) is 35.8 Å². The third kappa shape index (κ3) is 2.73. The quantitative estimate of drug-likeness (QED) is 0.791. The molecule has 3 aromatic rings. The number of oxazole rings is 1. The molecule has 1 N–H and O–H groups in total. The van der Waals surface area contributed by atoms with Gasteiger partial charge in [-0.25, -0.2) is 4.39 Å². The van der Waals surface area contributed by atoms with Crippen LogP contribution in [0.3, 0.4) is 0 Å². The summed E-state index contributed by atoms with van der Waals surface area (Å²) >= 11 is 0. The maximum absolute atomic E-state index is 13.7. The number of aryl methyl sites for hydroxylation is 2. The second kappa shape index (κ2) is 5.87. The van der Waals surface area contributed by atoms with Gasteiger partial charge in [0.2, 0.25) is 0 Å². The molecule has 1 aliphatic rings. The maximum Gasteiger partial charge on any atom is 0.296 e.